The smallest absolute Gasteiger partial charge is 0.236 e. The Morgan fingerprint density at radius 1 is 1.15 bits per heavy atom. The third-order valence-electron chi connectivity index (χ3n) is 4.47. The fraction of sp³-hybridized carbons (Fsp3) is 0.389. The fourth-order valence-corrected chi connectivity index (χ4v) is 2.86. The number of hydrogen-bond acceptors (Lipinski definition) is 5. The maximum Gasteiger partial charge on any atom is 0.236 e. The second-order valence-electron chi connectivity index (χ2n) is 6.19. The van der Waals surface area contributed by atoms with Gasteiger partial charge in [0.2, 0.25) is 11.9 Å². The Balaban J connectivity index is 1.47. The highest BCUT2D eigenvalue weighted by atomic mass is 19.2. The van der Waals surface area contributed by atoms with Crippen LogP contribution in [0, 0.1) is 11.6 Å². The minimum Gasteiger partial charge on any atom is -0.338 e. The molecule has 0 spiro atoms. The molecular formula is C18H21F2N5O. The van der Waals surface area contributed by atoms with E-state index in [-0.39, 0.29) is 18.5 Å². The van der Waals surface area contributed by atoms with Crippen molar-refractivity contribution in [1.29, 1.82) is 0 Å². The minimum atomic E-state index is -0.887. The molecule has 0 saturated carbocycles. The average molecular weight is 361 g/mol. The van der Waals surface area contributed by atoms with Crippen LogP contribution in [0.3, 0.4) is 0 Å². The number of hydrogen-bond donors (Lipinski definition) is 1. The van der Waals surface area contributed by atoms with Crippen molar-refractivity contribution in [2.45, 2.75) is 13.0 Å². The number of piperazine rings is 1. The molecule has 6 nitrogen and oxygen atoms in total. The summed E-state index contributed by atoms with van der Waals surface area (Å²) in [6, 6.07) is 5.27. The Kier molecular flexibility index (Phi) is 5.72. The molecule has 1 saturated heterocycles. The van der Waals surface area contributed by atoms with Gasteiger partial charge in [0, 0.05) is 44.6 Å². The monoisotopic (exact) mass is 361 g/mol. The van der Waals surface area contributed by atoms with E-state index in [4.69, 9.17) is 0 Å². The molecule has 1 aliphatic rings. The molecule has 1 fully saturated rings. The van der Waals surface area contributed by atoms with Gasteiger partial charge in [0.1, 0.15) is 0 Å². The summed E-state index contributed by atoms with van der Waals surface area (Å²) in [5.74, 6) is -1.11. The molecule has 1 atom stereocenters. The molecule has 1 amide bonds. The Morgan fingerprint density at radius 2 is 1.85 bits per heavy atom. The minimum absolute atomic E-state index is 0.0203. The van der Waals surface area contributed by atoms with Crippen molar-refractivity contribution in [3.63, 3.8) is 0 Å². The molecule has 1 aliphatic heterocycles. The maximum absolute atomic E-state index is 13.3. The molecule has 0 unspecified atom stereocenters. The Hall–Kier alpha value is -2.61. The van der Waals surface area contributed by atoms with Crippen molar-refractivity contribution in [3.8, 4) is 0 Å². The van der Waals surface area contributed by atoms with Crippen molar-refractivity contribution in [1.82, 2.24) is 20.2 Å². The number of benzene rings is 1. The van der Waals surface area contributed by atoms with Gasteiger partial charge in [-0.25, -0.2) is 18.7 Å². The van der Waals surface area contributed by atoms with Crippen molar-refractivity contribution >= 4 is 11.9 Å². The normalized spacial score (nSPS) is 15.8. The number of nitrogens with zero attached hydrogens (tertiary/aromatic N) is 4. The zero-order valence-electron chi connectivity index (χ0n) is 14.5. The highest BCUT2D eigenvalue weighted by molar-refractivity contribution is 5.78. The van der Waals surface area contributed by atoms with Gasteiger partial charge in [-0.15, -0.1) is 0 Å². The first-order valence-electron chi connectivity index (χ1n) is 8.52. The van der Waals surface area contributed by atoms with Gasteiger partial charge < -0.3 is 15.1 Å². The van der Waals surface area contributed by atoms with E-state index >= 15 is 0 Å². The number of anilines is 1. The largest absolute Gasteiger partial charge is 0.338 e. The van der Waals surface area contributed by atoms with Crippen molar-refractivity contribution in [3.05, 3.63) is 53.9 Å². The number of carbonyl (C=O) groups is 1. The van der Waals surface area contributed by atoms with E-state index < -0.39 is 11.6 Å². The predicted octanol–water partition coefficient (Wildman–Crippen LogP) is 1.75. The van der Waals surface area contributed by atoms with E-state index in [0.29, 0.717) is 37.7 Å². The summed E-state index contributed by atoms with van der Waals surface area (Å²) < 4.78 is 26.3. The Labute approximate surface area is 150 Å². The zero-order chi connectivity index (χ0) is 18.5. The number of halogens is 2. The molecule has 1 aromatic carbocycles. The second-order valence-corrected chi connectivity index (χ2v) is 6.19. The van der Waals surface area contributed by atoms with E-state index in [1.807, 2.05) is 11.8 Å². The highest BCUT2D eigenvalue weighted by Gasteiger charge is 2.22. The lowest BCUT2D eigenvalue weighted by atomic mass is 10.1. The van der Waals surface area contributed by atoms with Gasteiger partial charge in [-0.05, 0) is 30.7 Å². The SMILES string of the molecule is C[C@@H](NCC(=O)N1CCN(c2ncccn2)CC1)c1ccc(F)c(F)c1. The lowest BCUT2D eigenvalue weighted by Gasteiger charge is -2.35. The van der Waals surface area contributed by atoms with E-state index in [2.05, 4.69) is 15.3 Å². The molecule has 8 heteroatoms. The zero-order valence-corrected chi connectivity index (χ0v) is 14.5. The van der Waals surface area contributed by atoms with Gasteiger partial charge in [-0.2, -0.15) is 0 Å². The number of rotatable bonds is 5. The lowest BCUT2D eigenvalue weighted by Crippen LogP contribution is -2.51. The van der Waals surface area contributed by atoms with Crippen LogP contribution in [0.15, 0.2) is 36.7 Å². The van der Waals surface area contributed by atoms with Crippen LogP contribution in [0.4, 0.5) is 14.7 Å². The topological polar surface area (TPSA) is 61.4 Å². The van der Waals surface area contributed by atoms with Gasteiger partial charge >= 0.3 is 0 Å². The van der Waals surface area contributed by atoms with Crippen LogP contribution in [-0.2, 0) is 4.79 Å². The molecule has 0 bridgehead atoms. The standard InChI is InChI=1S/C18H21F2N5O/c1-13(14-3-4-15(19)16(20)11-14)23-12-17(26)24-7-9-25(10-8-24)18-21-5-2-6-22-18/h2-6,11,13,23H,7-10,12H2,1H3/t13-/m1/s1. The van der Waals surface area contributed by atoms with Crippen molar-refractivity contribution < 1.29 is 13.6 Å². The van der Waals surface area contributed by atoms with E-state index in [1.54, 1.807) is 23.4 Å². The molecule has 26 heavy (non-hydrogen) atoms. The summed E-state index contributed by atoms with van der Waals surface area (Å²) in [5, 5.41) is 3.07. The quantitative estimate of drug-likeness (QED) is 0.879. The van der Waals surface area contributed by atoms with Crippen molar-refractivity contribution in [2.24, 2.45) is 0 Å². The Morgan fingerprint density at radius 3 is 2.50 bits per heavy atom. The molecule has 0 radical (unpaired) electrons. The van der Waals surface area contributed by atoms with Crippen LogP contribution in [-0.4, -0.2) is 53.5 Å². The molecule has 2 heterocycles. The van der Waals surface area contributed by atoms with Gasteiger partial charge in [0.15, 0.2) is 11.6 Å². The summed E-state index contributed by atoms with van der Waals surface area (Å²) in [7, 11) is 0. The maximum atomic E-state index is 13.3. The second kappa shape index (κ2) is 8.18. The van der Waals surface area contributed by atoms with Gasteiger partial charge in [0.05, 0.1) is 6.54 Å². The van der Waals surface area contributed by atoms with Gasteiger partial charge in [0.25, 0.3) is 0 Å². The van der Waals surface area contributed by atoms with Crippen LogP contribution in [0.1, 0.15) is 18.5 Å². The number of aromatic nitrogens is 2. The first-order valence-corrected chi connectivity index (χ1v) is 8.52. The summed E-state index contributed by atoms with van der Waals surface area (Å²) in [6.45, 7) is 4.49. The van der Waals surface area contributed by atoms with Crippen LogP contribution >= 0.6 is 0 Å². The van der Waals surface area contributed by atoms with Crippen LogP contribution in [0.2, 0.25) is 0 Å². The summed E-state index contributed by atoms with van der Waals surface area (Å²) in [5.41, 5.74) is 0.600. The van der Waals surface area contributed by atoms with Gasteiger partial charge in [-0.3, -0.25) is 4.79 Å². The molecule has 3 rings (SSSR count). The highest BCUT2D eigenvalue weighted by Crippen LogP contribution is 2.16. The molecular weight excluding hydrogens is 340 g/mol. The van der Waals surface area contributed by atoms with E-state index in [0.717, 1.165) is 12.1 Å². The molecule has 0 aliphatic carbocycles. The first kappa shape index (κ1) is 18.2. The fourth-order valence-electron chi connectivity index (χ4n) is 2.86. The van der Waals surface area contributed by atoms with Crippen LogP contribution in [0.5, 0.6) is 0 Å². The third-order valence-corrected chi connectivity index (χ3v) is 4.47. The van der Waals surface area contributed by atoms with E-state index in [9.17, 15) is 13.6 Å². The van der Waals surface area contributed by atoms with Crippen LogP contribution in [0.25, 0.3) is 0 Å². The van der Waals surface area contributed by atoms with Crippen molar-refractivity contribution in [2.75, 3.05) is 37.6 Å². The predicted molar refractivity (Wildman–Crippen MR) is 93.6 cm³/mol. The third kappa shape index (κ3) is 4.32. The summed E-state index contributed by atoms with van der Waals surface area (Å²) in [6.07, 6.45) is 3.40. The molecule has 1 aromatic heterocycles. The average Bonchev–Trinajstić information content (AvgIpc) is 2.68. The number of amides is 1. The number of carbonyl (C=O) groups excluding carboxylic acids is 1. The van der Waals surface area contributed by atoms with Crippen LogP contribution < -0.4 is 10.2 Å². The van der Waals surface area contributed by atoms with E-state index in [1.165, 1.54) is 6.07 Å². The Bertz CT molecular complexity index is 751. The summed E-state index contributed by atoms with van der Waals surface area (Å²) >= 11 is 0. The summed E-state index contributed by atoms with van der Waals surface area (Å²) in [4.78, 5) is 24.6. The number of nitrogens with one attached hydrogen (secondary N) is 1. The first-order chi connectivity index (χ1) is 12.5. The van der Waals surface area contributed by atoms with Gasteiger partial charge in [-0.1, -0.05) is 6.07 Å². The lowest BCUT2D eigenvalue weighted by molar-refractivity contribution is -0.130. The molecule has 2 aromatic rings. The molecule has 1 N–H and O–H groups in total. The molecule has 138 valence electrons.